The van der Waals surface area contributed by atoms with Crippen LogP contribution in [0, 0.1) is 5.92 Å². The van der Waals surface area contributed by atoms with E-state index in [0.29, 0.717) is 12.3 Å². The van der Waals surface area contributed by atoms with E-state index in [1.807, 2.05) is 0 Å². The van der Waals surface area contributed by atoms with Crippen LogP contribution in [0.1, 0.15) is 70.6 Å². The van der Waals surface area contributed by atoms with E-state index in [0.717, 1.165) is 32.1 Å². The number of hydrogen-bond acceptors (Lipinski definition) is 3. The number of carbonyl (C=O) groups is 2. The first-order chi connectivity index (χ1) is 10.2. The van der Waals surface area contributed by atoms with Gasteiger partial charge >= 0.3 is 5.97 Å². The molecule has 0 spiro atoms. The second-order valence-electron chi connectivity index (χ2n) is 6.58. The van der Waals surface area contributed by atoms with Crippen molar-refractivity contribution in [2.75, 3.05) is 13.7 Å². The molecule has 0 bridgehead atoms. The van der Waals surface area contributed by atoms with Gasteiger partial charge in [-0.1, -0.05) is 44.9 Å². The normalized spacial score (nSPS) is 20.4. The van der Waals surface area contributed by atoms with E-state index >= 15 is 0 Å². The van der Waals surface area contributed by atoms with Gasteiger partial charge in [-0.15, -0.1) is 0 Å². The van der Waals surface area contributed by atoms with Gasteiger partial charge in [0.2, 0.25) is 5.91 Å². The highest BCUT2D eigenvalue weighted by Crippen LogP contribution is 2.29. The van der Waals surface area contributed by atoms with E-state index in [4.69, 9.17) is 4.74 Å². The molecule has 0 aromatic rings. The maximum atomic E-state index is 12.5. The van der Waals surface area contributed by atoms with Crippen LogP contribution in [-0.2, 0) is 14.3 Å². The maximum Gasteiger partial charge on any atom is 0.325 e. The Bertz CT molecular complexity index is 344. The first-order valence-electron chi connectivity index (χ1n) is 8.57. The lowest BCUT2D eigenvalue weighted by atomic mass is 9.86. The number of ether oxygens (including phenoxy) is 1. The molecule has 2 fully saturated rings. The number of carbonyl (C=O) groups excluding carboxylic acids is 2. The molecule has 0 saturated heterocycles. The number of amides is 1. The Hall–Kier alpha value is -1.06. The monoisotopic (exact) mass is 295 g/mol. The van der Waals surface area contributed by atoms with Gasteiger partial charge in [0, 0.05) is 12.5 Å². The quantitative estimate of drug-likeness (QED) is 0.706. The molecule has 2 rings (SSSR count). The fourth-order valence-electron chi connectivity index (χ4n) is 3.79. The second kappa shape index (κ2) is 8.40. The van der Waals surface area contributed by atoms with Gasteiger partial charge in [0.1, 0.15) is 6.54 Å². The Morgan fingerprint density at radius 3 is 2.24 bits per heavy atom. The van der Waals surface area contributed by atoms with E-state index < -0.39 is 0 Å². The van der Waals surface area contributed by atoms with Gasteiger partial charge in [-0.3, -0.25) is 9.59 Å². The van der Waals surface area contributed by atoms with Crippen molar-refractivity contribution in [1.82, 2.24) is 4.90 Å². The number of rotatable bonds is 6. The number of hydrogen-bond donors (Lipinski definition) is 0. The molecule has 0 aliphatic heterocycles. The molecule has 21 heavy (non-hydrogen) atoms. The van der Waals surface area contributed by atoms with Crippen molar-refractivity contribution >= 4 is 11.9 Å². The predicted octanol–water partition coefficient (Wildman–Crippen LogP) is 3.29. The fourth-order valence-corrected chi connectivity index (χ4v) is 3.79. The highest BCUT2D eigenvalue weighted by atomic mass is 16.5. The Morgan fingerprint density at radius 1 is 1.00 bits per heavy atom. The van der Waals surface area contributed by atoms with Crippen LogP contribution in [0.3, 0.4) is 0 Å². The summed E-state index contributed by atoms with van der Waals surface area (Å²) in [5.41, 5.74) is 0. The maximum absolute atomic E-state index is 12.5. The molecule has 0 atom stereocenters. The number of methoxy groups -OCH3 is 1. The van der Waals surface area contributed by atoms with E-state index in [1.54, 1.807) is 4.90 Å². The van der Waals surface area contributed by atoms with E-state index in [2.05, 4.69) is 0 Å². The molecule has 4 nitrogen and oxygen atoms in total. The zero-order valence-corrected chi connectivity index (χ0v) is 13.3. The smallest absolute Gasteiger partial charge is 0.325 e. The van der Waals surface area contributed by atoms with Crippen LogP contribution >= 0.6 is 0 Å². The van der Waals surface area contributed by atoms with Crippen molar-refractivity contribution in [2.45, 2.75) is 76.7 Å². The van der Waals surface area contributed by atoms with Crippen LogP contribution in [0.5, 0.6) is 0 Å². The number of esters is 1. The van der Waals surface area contributed by atoms with Crippen LogP contribution in [0.4, 0.5) is 0 Å². The molecule has 4 heteroatoms. The SMILES string of the molecule is COC(=O)CN(C(=O)CCC1CCCCC1)C1CCCC1. The van der Waals surface area contributed by atoms with E-state index in [1.165, 1.54) is 39.2 Å². The molecule has 1 amide bonds. The molecule has 0 aromatic carbocycles. The Balaban J connectivity index is 1.85. The lowest BCUT2D eigenvalue weighted by Crippen LogP contribution is -2.42. The Kier molecular flexibility index (Phi) is 6.52. The predicted molar refractivity (Wildman–Crippen MR) is 81.8 cm³/mol. The van der Waals surface area contributed by atoms with Gasteiger partial charge in [-0.25, -0.2) is 0 Å². The standard InChI is InChI=1S/C17H29NO3/c1-21-17(20)13-18(15-9-5-6-10-15)16(19)12-11-14-7-3-2-4-8-14/h14-15H,2-13H2,1H3. The largest absolute Gasteiger partial charge is 0.468 e. The van der Waals surface area contributed by atoms with Gasteiger partial charge < -0.3 is 9.64 Å². The summed E-state index contributed by atoms with van der Waals surface area (Å²) < 4.78 is 4.75. The van der Waals surface area contributed by atoms with Crippen LogP contribution in [0.25, 0.3) is 0 Å². The summed E-state index contributed by atoms with van der Waals surface area (Å²) in [6.07, 6.45) is 12.5. The van der Waals surface area contributed by atoms with Gasteiger partial charge in [0.25, 0.3) is 0 Å². The minimum absolute atomic E-state index is 0.130. The number of nitrogens with zero attached hydrogens (tertiary/aromatic N) is 1. The third-order valence-corrected chi connectivity index (χ3v) is 5.10. The molecule has 0 N–H and O–H groups in total. The minimum Gasteiger partial charge on any atom is -0.468 e. The molecule has 0 radical (unpaired) electrons. The van der Waals surface area contributed by atoms with Crippen molar-refractivity contribution in [2.24, 2.45) is 5.92 Å². The van der Waals surface area contributed by atoms with Gasteiger partial charge in [-0.05, 0) is 25.2 Å². The minimum atomic E-state index is -0.298. The Labute approximate surface area is 128 Å². The molecule has 0 aromatic heterocycles. The van der Waals surface area contributed by atoms with Crippen molar-refractivity contribution in [3.63, 3.8) is 0 Å². The van der Waals surface area contributed by atoms with Gasteiger partial charge in [0.15, 0.2) is 0 Å². The lowest BCUT2D eigenvalue weighted by molar-refractivity contribution is -0.148. The third kappa shape index (κ3) is 5.01. The average molecular weight is 295 g/mol. The highest BCUT2D eigenvalue weighted by Gasteiger charge is 2.28. The Morgan fingerprint density at radius 2 is 1.62 bits per heavy atom. The van der Waals surface area contributed by atoms with Gasteiger partial charge in [-0.2, -0.15) is 0 Å². The third-order valence-electron chi connectivity index (χ3n) is 5.10. The topological polar surface area (TPSA) is 46.6 Å². The first-order valence-corrected chi connectivity index (χ1v) is 8.57. The first kappa shape index (κ1) is 16.3. The summed E-state index contributed by atoms with van der Waals surface area (Å²) in [6, 6.07) is 0.253. The van der Waals surface area contributed by atoms with E-state index in [-0.39, 0.29) is 24.5 Å². The second-order valence-corrected chi connectivity index (χ2v) is 6.58. The van der Waals surface area contributed by atoms with Crippen LogP contribution in [0.2, 0.25) is 0 Å². The molecule has 2 saturated carbocycles. The van der Waals surface area contributed by atoms with Crippen LogP contribution in [-0.4, -0.2) is 36.5 Å². The zero-order valence-electron chi connectivity index (χ0n) is 13.3. The summed E-state index contributed by atoms with van der Waals surface area (Å²) >= 11 is 0. The van der Waals surface area contributed by atoms with Crippen LogP contribution < -0.4 is 0 Å². The van der Waals surface area contributed by atoms with Crippen molar-refractivity contribution in [3.05, 3.63) is 0 Å². The summed E-state index contributed by atoms with van der Waals surface area (Å²) in [7, 11) is 1.39. The van der Waals surface area contributed by atoms with Crippen molar-refractivity contribution < 1.29 is 14.3 Å². The summed E-state index contributed by atoms with van der Waals surface area (Å²) in [5.74, 6) is 0.567. The van der Waals surface area contributed by atoms with Crippen molar-refractivity contribution in [3.8, 4) is 0 Å². The summed E-state index contributed by atoms with van der Waals surface area (Å²) in [5, 5.41) is 0. The molecule has 2 aliphatic carbocycles. The molecular formula is C17H29NO3. The fraction of sp³-hybridized carbons (Fsp3) is 0.882. The van der Waals surface area contributed by atoms with Crippen LogP contribution in [0.15, 0.2) is 0 Å². The average Bonchev–Trinajstić information content (AvgIpc) is 3.05. The van der Waals surface area contributed by atoms with E-state index in [9.17, 15) is 9.59 Å². The molecule has 120 valence electrons. The lowest BCUT2D eigenvalue weighted by Gasteiger charge is -2.29. The highest BCUT2D eigenvalue weighted by molar-refractivity contribution is 5.82. The van der Waals surface area contributed by atoms with Crippen molar-refractivity contribution in [1.29, 1.82) is 0 Å². The summed E-state index contributed by atoms with van der Waals surface area (Å²) in [6.45, 7) is 0.130. The molecular weight excluding hydrogens is 266 g/mol. The molecule has 0 heterocycles. The molecule has 0 unspecified atom stereocenters. The zero-order chi connectivity index (χ0) is 15.1. The molecule has 2 aliphatic rings. The summed E-state index contributed by atoms with van der Waals surface area (Å²) in [4.78, 5) is 25.9. The van der Waals surface area contributed by atoms with Gasteiger partial charge in [0.05, 0.1) is 7.11 Å².